The highest BCUT2D eigenvalue weighted by atomic mass is 15.0. The van der Waals surface area contributed by atoms with E-state index in [1.807, 2.05) is 0 Å². The van der Waals surface area contributed by atoms with Crippen LogP contribution in [-0.2, 0) is 14.1 Å². The third-order valence-corrected chi connectivity index (χ3v) is 5.95. The molecule has 2 rings (SSSR count). The van der Waals surface area contributed by atoms with Crippen LogP contribution in [0.5, 0.6) is 0 Å². The van der Waals surface area contributed by atoms with E-state index in [9.17, 15) is 0 Å². The topological polar surface area (TPSA) is 7.76 Å². The minimum absolute atomic E-state index is 1.34. The van der Waals surface area contributed by atoms with Gasteiger partial charge in [0.15, 0.2) is 11.4 Å². The van der Waals surface area contributed by atoms with E-state index in [1.165, 1.54) is 56.2 Å². The van der Waals surface area contributed by atoms with Crippen molar-refractivity contribution in [1.29, 1.82) is 0 Å². The molecule has 2 aromatic heterocycles. The number of hydrogen-bond donors (Lipinski definition) is 0. The molecule has 0 unspecified atom stereocenters. The van der Waals surface area contributed by atoms with Crippen molar-refractivity contribution in [2.75, 3.05) is 0 Å². The molecule has 2 heteroatoms. The summed E-state index contributed by atoms with van der Waals surface area (Å²) in [7, 11) is 4.38. The van der Waals surface area contributed by atoms with Crippen LogP contribution >= 0.6 is 0 Å². The van der Waals surface area contributed by atoms with Crippen molar-refractivity contribution in [2.45, 2.75) is 55.4 Å². The number of aromatic nitrogens is 2. The maximum Gasteiger partial charge on any atom is 0.280 e. The number of nitrogens with zero attached hydrogens (tertiary/aromatic N) is 2. The van der Waals surface area contributed by atoms with Gasteiger partial charge in [0.2, 0.25) is 0 Å². The molecule has 0 aliphatic carbocycles. The van der Waals surface area contributed by atoms with E-state index in [-0.39, 0.29) is 0 Å². The Morgan fingerprint density at radius 3 is 0.955 bits per heavy atom. The summed E-state index contributed by atoms with van der Waals surface area (Å²) in [5.41, 5.74) is 13.7. The van der Waals surface area contributed by atoms with Gasteiger partial charge in [-0.15, -0.1) is 0 Å². The van der Waals surface area contributed by atoms with Gasteiger partial charge in [0, 0.05) is 36.1 Å². The van der Waals surface area contributed by atoms with Crippen LogP contribution in [0.3, 0.4) is 0 Å². The lowest BCUT2D eigenvalue weighted by Crippen LogP contribution is -2.44. The van der Waals surface area contributed by atoms with Crippen LogP contribution in [-0.4, -0.2) is 0 Å². The lowest BCUT2D eigenvalue weighted by Gasteiger charge is -2.15. The second-order valence-corrected chi connectivity index (χ2v) is 6.74. The Balaban J connectivity index is 3.03. The van der Waals surface area contributed by atoms with Crippen LogP contribution in [0.1, 0.15) is 44.8 Å². The predicted molar refractivity (Wildman–Crippen MR) is 92.1 cm³/mol. The van der Waals surface area contributed by atoms with E-state index >= 15 is 0 Å². The van der Waals surface area contributed by atoms with Crippen LogP contribution in [0.4, 0.5) is 0 Å². The van der Waals surface area contributed by atoms with Gasteiger partial charge in [-0.2, -0.15) is 9.13 Å². The zero-order valence-electron chi connectivity index (χ0n) is 15.9. The van der Waals surface area contributed by atoms with Crippen LogP contribution in [0.25, 0.3) is 11.4 Å². The molecule has 0 saturated heterocycles. The van der Waals surface area contributed by atoms with Crippen molar-refractivity contribution in [3.8, 4) is 11.4 Å². The van der Waals surface area contributed by atoms with E-state index in [0.29, 0.717) is 0 Å². The summed E-state index contributed by atoms with van der Waals surface area (Å²) in [4.78, 5) is 0. The zero-order valence-corrected chi connectivity index (χ0v) is 15.9. The summed E-state index contributed by atoms with van der Waals surface area (Å²) in [6.45, 7) is 17.9. The number of pyridine rings is 2. The van der Waals surface area contributed by atoms with Crippen molar-refractivity contribution in [3.63, 3.8) is 0 Å². The van der Waals surface area contributed by atoms with Gasteiger partial charge in [-0.25, -0.2) is 0 Å². The normalized spacial score (nSPS) is 11.2. The summed E-state index contributed by atoms with van der Waals surface area (Å²) in [5, 5.41) is 0. The van der Waals surface area contributed by atoms with Gasteiger partial charge in [0.05, 0.1) is 0 Å². The summed E-state index contributed by atoms with van der Waals surface area (Å²) in [5.74, 6) is 0. The second kappa shape index (κ2) is 5.49. The highest BCUT2D eigenvalue weighted by Gasteiger charge is 2.31. The van der Waals surface area contributed by atoms with Crippen LogP contribution in [0.2, 0.25) is 0 Å². The Kier molecular flexibility index (Phi) is 4.16. The molecule has 0 atom stereocenters. The molecule has 2 aromatic rings. The van der Waals surface area contributed by atoms with Gasteiger partial charge >= 0.3 is 0 Å². The monoisotopic (exact) mass is 298 g/mol. The van der Waals surface area contributed by atoms with Crippen molar-refractivity contribution >= 4 is 0 Å². The molecule has 0 bridgehead atoms. The quantitative estimate of drug-likeness (QED) is 0.712. The highest BCUT2D eigenvalue weighted by molar-refractivity contribution is 5.61. The molecular formula is C20H30N2+2. The zero-order chi connectivity index (χ0) is 16.9. The van der Waals surface area contributed by atoms with Crippen molar-refractivity contribution < 1.29 is 9.13 Å². The fraction of sp³-hybridized carbons (Fsp3) is 0.500. The van der Waals surface area contributed by atoms with Gasteiger partial charge in [0.1, 0.15) is 14.1 Å². The average molecular weight is 298 g/mol. The maximum absolute atomic E-state index is 2.36. The number of hydrogen-bond acceptors (Lipinski definition) is 0. The fourth-order valence-electron chi connectivity index (χ4n) is 3.47. The summed E-state index contributed by atoms with van der Waals surface area (Å²) in [6.07, 6.45) is 0. The molecule has 0 radical (unpaired) electrons. The smallest absolute Gasteiger partial charge is 0.193 e. The van der Waals surface area contributed by atoms with Crippen LogP contribution < -0.4 is 9.13 Å². The third-order valence-electron chi connectivity index (χ3n) is 5.95. The molecule has 0 aliphatic heterocycles. The van der Waals surface area contributed by atoms with E-state index in [1.54, 1.807) is 0 Å². The SMILES string of the molecule is Cc1c(C)c(C)[n+](C)c(-c2c(C)c(C)c(C)c(C)[n+]2C)c1C. The molecule has 0 fully saturated rings. The standard InChI is InChI=1S/C20H30N2/c1-11-13(3)17(7)21(9)19(15(11)5)20-16(6)12(2)14(4)18(8)22(20)10/h1-10H3/q+2. The van der Waals surface area contributed by atoms with Gasteiger partial charge < -0.3 is 0 Å². The van der Waals surface area contributed by atoms with E-state index in [0.717, 1.165) is 0 Å². The maximum atomic E-state index is 2.36. The summed E-state index contributed by atoms with van der Waals surface area (Å²) in [6, 6.07) is 0. The fourth-order valence-corrected chi connectivity index (χ4v) is 3.47. The Labute approximate surface area is 135 Å². The van der Waals surface area contributed by atoms with Crippen molar-refractivity contribution in [2.24, 2.45) is 14.1 Å². The summed E-state index contributed by atoms with van der Waals surface area (Å²) >= 11 is 0. The molecule has 0 saturated carbocycles. The first-order valence-electron chi connectivity index (χ1n) is 8.04. The minimum atomic E-state index is 1.34. The second-order valence-electron chi connectivity index (χ2n) is 6.74. The Bertz CT molecular complexity index is 658. The molecular weight excluding hydrogens is 268 g/mol. The summed E-state index contributed by atoms with van der Waals surface area (Å²) < 4.78 is 4.71. The Morgan fingerprint density at radius 1 is 0.409 bits per heavy atom. The van der Waals surface area contributed by atoms with E-state index < -0.39 is 0 Å². The lowest BCUT2D eigenvalue weighted by molar-refractivity contribution is -0.697. The third kappa shape index (κ3) is 2.16. The van der Waals surface area contributed by atoms with Gasteiger partial charge in [0.25, 0.3) is 11.4 Å². The van der Waals surface area contributed by atoms with E-state index in [2.05, 4.69) is 78.6 Å². The first-order valence-corrected chi connectivity index (χ1v) is 8.04. The average Bonchev–Trinajstić information content (AvgIpc) is 2.50. The van der Waals surface area contributed by atoms with Crippen molar-refractivity contribution in [1.82, 2.24) is 0 Å². The molecule has 2 nitrogen and oxygen atoms in total. The molecule has 22 heavy (non-hydrogen) atoms. The molecule has 2 heterocycles. The van der Waals surface area contributed by atoms with Crippen molar-refractivity contribution in [3.05, 3.63) is 44.8 Å². The molecule has 0 aliphatic rings. The first-order chi connectivity index (χ1) is 10.1. The molecule has 0 spiro atoms. The van der Waals surface area contributed by atoms with Crippen LogP contribution in [0, 0.1) is 55.4 Å². The minimum Gasteiger partial charge on any atom is -0.193 e. The largest absolute Gasteiger partial charge is 0.280 e. The Hall–Kier alpha value is -1.70. The molecule has 0 amide bonds. The lowest BCUT2D eigenvalue weighted by atomic mass is 9.94. The molecule has 118 valence electrons. The van der Waals surface area contributed by atoms with Gasteiger partial charge in [-0.05, 0) is 52.7 Å². The predicted octanol–water partition coefficient (Wildman–Crippen LogP) is 3.47. The van der Waals surface area contributed by atoms with E-state index in [4.69, 9.17) is 0 Å². The first kappa shape index (κ1) is 16.7. The van der Waals surface area contributed by atoms with Gasteiger partial charge in [-0.1, -0.05) is 0 Å². The highest BCUT2D eigenvalue weighted by Crippen LogP contribution is 2.28. The molecule has 0 N–H and O–H groups in total. The Morgan fingerprint density at radius 2 is 0.682 bits per heavy atom. The van der Waals surface area contributed by atoms with Crippen LogP contribution in [0.15, 0.2) is 0 Å². The van der Waals surface area contributed by atoms with Gasteiger partial charge in [-0.3, -0.25) is 0 Å². The number of rotatable bonds is 1. The molecule has 0 aromatic carbocycles.